The molecule has 0 aliphatic carbocycles. The molecule has 0 amide bonds. The number of terminal acetylenes is 1. The number of nitrogens with one attached hydrogen (secondary N) is 1. The number of anilines is 1. The van der Waals surface area contributed by atoms with E-state index in [4.69, 9.17) is 11.2 Å². The highest BCUT2D eigenvalue weighted by Crippen LogP contribution is 2.20. The van der Waals surface area contributed by atoms with Crippen LogP contribution in [0.5, 0.6) is 5.75 Å². The molecule has 0 spiro atoms. The van der Waals surface area contributed by atoms with Crippen molar-refractivity contribution >= 4 is 5.69 Å². The first-order valence-electron chi connectivity index (χ1n) is 6.80. The number of para-hydroxylation sites is 1. The van der Waals surface area contributed by atoms with Crippen molar-refractivity contribution in [3.05, 3.63) is 59.7 Å². The Bertz CT molecular complexity index is 598. The van der Waals surface area contributed by atoms with Crippen molar-refractivity contribution in [1.82, 2.24) is 0 Å². The van der Waals surface area contributed by atoms with Gasteiger partial charge in [0.15, 0.2) is 0 Å². The molecule has 0 atom stereocenters. The van der Waals surface area contributed by atoms with Gasteiger partial charge in [0, 0.05) is 17.8 Å². The molecular formula is C18H19NO. The van der Waals surface area contributed by atoms with Gasteiger partial charge in [0.2, 0.25) is 0 Å². The van der Waals surface area contributed by atoms with Gasteiger partial charge in [-0.25, -0.2) is 0 Å². The van der Waals surface area contributed by atoms with Crippen LogP contribution in [0.15, 0.2) is 48.5 Å². The summed E-state index contributed by atoms with van der Waals surface area (Å²) < 4.78 is 5.54. The van der Waals surface area contributed by atoms with Gasteiger partial charge < -0.3 is 10.1 Å². The van der Waals surface area contributed by atoms with Crippen molar-refractivity contribution in [3.63, 3.8) is 0 Å². The van der Waals surface area contributed by atoms with E-state index in [1.807, 2.05) is 24.3 Å². The van der Waals surface area contributed by atoms with Gasteiger partial charge in [-0.2, -0.15) is 0 Å². The zero-order valence-corrected chi connectivity index (χ0v) is 11.7. The lowest BCUT2D eigenvalue weighted by Crippen LogP contribution is -2.03. The lowest BCUT2D eigenvalue weighted by atomic mass is 10.1. The van der Waals surface area contributed by atoms with Crippen LogP contribution in [-0.2, 0) is 13.0 Å². The Morgan fingerprint density at radius 1 is 1.15 bits per heavy atom. The fraction of sp³-hybridized carbons (Fsp3) is 0.222. The summed E-state index contributed by atoms with van der Waals surface area (Å²) in [5, 5.41) is 3.42. The molecule has 0 fully saturated rings. The summed E-state index contributed by atoms with van der Waals surface area (Å²) in [5.41, 5.74) is 3.55. The van der Waals surface area contributed by atoms with Crippen LogP contribution >= 0.6 is 0 Å². The number of aryl methyl sites for hydroxylation is 1. The molecule has 2 aromatic carbocycles. The van der Waals surface area contributed by atoms with Gasteiger partial charge in [0.1, 0.15) is 12.4 Å². The van der Waals surface area contributed by atoms with Crippen molar-refractivity contribution in [2.45, 2.75) is 19.9 Å². The standard InChI is InChI=1S/C18H19NO/c1-3-12-20-18-11-6-5-9-16(18)14-19-17-10-7-8-15(4-2)13-17/h1,5-11,13,19H,4,12,14H2,2H3. The number of hydrogen-bond donors (Lipinski definition) is 1. The quantitative estimate of drug-likeness (QED) is 0.800. The monoisotopic (exact) mass is 265 g/mol. The largest absolute Gasteiger partial charge is 0.481 e. The minimum atomic E-state index is 0.294. The Morgan fingerprint density at radius 2 is 2.00 bits per heavy atom. The third-order valence-corrected chi connectivity index (χ3v) is 3.10. The summed E-state index contributed by atoms with van der Waals surface area (Å²) in [5.74, 6) is 3.33. The molecule has 2 heteroatoms. The van der Waals surface area contributed by atoms with Crippen LogP contribution in [0, 0.1) is 12.3 Å². The van der Waals surface area contributed by atoms with Crippen LogP contribution in [0.2, 0.25) is 0 Å². The maximum Gasteiger partial charge on any atom is 0.148 e. The summed E-state index contributed by atoms with van der Waals surface area (Å²) in [6, 6.07) is 16.4. The van der Waals surface area contributed by atoms with Gasteiger partial charge in [-0.15, -0.1) is 6.42 Å². The summed E-state index contributed by atoms with van der Waals surface area (Å²) in [6.07, 6.45) is 6.27. The van der Waals surface area contributed by atoms with Gasteiger partial charge in [-0.05, 0) is 30.2 Å². The highest BCUT2D eigenvalue weighted by atomic mass is 16.5. The molecule has 0 radical (unpaired) electrons. The number of benzene rings is 2. The fourth-order valence-electron chi connectivity index (χ4n) is 2.01. The molecule has 2 nitrogen and oxygen atoms in total. The highest BCUT2D eigenvalue weighted by Gasteiger charge is 2.02. The molecule has 0 saturated heterocycles. The second-order valence-corrected chi connectivity index (χ2v) is 4.51. The average molecular weight is 265 g/mol. The minimum absolute atomic E-state index is 0.294. The Kier molecular flexibility index (Phi) is 5.08. The molecule has 1 N–H and O–H groups in total. The Morgan fingerprint density at radius 3 is 2.80 bits per heavy atom. The van der Waals surface area contributed by atoms with Crippen LogP contribution in [-0.4, -0.2) is 6.61 Å². The number of ether oxygens (including phenoxy) is 1. The molecule has 0 heterocycles. The van der Waals surface area contributed by atoms with E-state index >= 15 is 0 Å². The van der Waals surface area contributed by atoms with E-state index < -0.39 is 0 Å². The van der Waals surface area contributed by atoms with Gasteiger partial charge in [-0.1, -0.05) is 43.2 Å². The highest BCUT2D eigenvalue weighted by molar-refractivity contribution is 5.47. The summed E-state index contributed by atoms with van der Waals surface area (Å²) in [4.78, 5) is 0. The zero-order chi connectivity index (χ0) is 14.2. The van der Waals surface area contributed by atoms with E-state index in [2.05, 4.69) is 42.4 Å². The Labute approximate surface area is 120 Å². The molecule has 2 rings (SSSR count). The van der Waals surface area contributed by atoms with Crippen LogP contribution in [0.4, 0.5) is 5.69 Å². The van der Waals surface area contributed by atoms with Gasteiger partial charge in [0.25, 0.3) is 0 Å². The van der Waals surface area contributed by atoms with Crippen molar-refractivity contribution in [1.29, 1.82) is 0 Å². The van der Waals surface area contributed by atoms with Crippen molar-refractivity contribution in [3.8, 4) is 18.1 Å². The molecule has 0 bridgehead atoms. The van der Waals surface area contributed by atoms with Gasteiger partial charge in [-0.3, -0.25) is 0 Å². The SMILES string of the molecule is C#CCOc1ccccc1CNc1cccc(CC)c1. The maximum atomic E-state index is 5.54. The van der Waals surface area contributed by atoms with Gasteiger partial charge in [0.05, 0.1) is 0 Å². The van der Waals surface area contributed by atoms with Crippen molar-refractivity contribution in [2.24, 2.45) is 0 Å². The molecule has 0 saturated carbocycles. The van der Waals surface area contributed by atoms with Crippen molar-refractivity contribution < 1.29 is 4.74 Å². The van der Waals surface area contributed by atoms with E-state index in [1.165, 1.54) is 5.56 Å². The van der Waals surface area contributed by atoms with E-state index in [0.717, 1.165) is 23.4 Å². The van der Waals surface area contributed by atoms with Crippen LogP contribution in [0.25, 0.3) is 0 Å². The molecule has 20 heavy (non-hydrogen) atoms. The average Bonchev–Trinajstić information content (AvgIpc) is 2.52. The molecular weight excluding hydrogens is 246 g/mol. The Balaban J connectivity index is 2.05. The molecule has 102 valence electrons. The predicted octanol–water partition coefficient (Wildman–Crippen LogP) is 3.87. The van der Waals surface area contributed by atoms with Gasteiger partial charge >= 0.3 is 0 Å². The zero-order valence-electron chi connectivity index (χ0n) is 11.7. The molecule has 0 unspecified atom stereocenters. The van der Waals surface area contributed by atoms with E-state index in [9.17, 15) is 0 Å². The lowest BCUT2D eigenvalue weighted by Gasteiger charge is -2.12. The second kappa shape index (κ2) is 7.25. The fourth-order valence-corrected chi connectivity index (χ4v) is 2.01. The first-order valence-corrected chi connectivity index (χ1v) is 6.80. The number of hydrogen-bond acceptors (Lipinski definition) is 2. The predicted molar refractivity (Wildman–Crippen MR) is 83.9 cm³/mol. The topological polar surface area (TPSA) is 21.3 Å². The lowest BCUT2D eigenvalue weighted by molar-refractivity contribution is 0.366. The molecule has 2 aromatic rings. The van der Waals surface area contributed by atoms with Crippen LogP contribution in [0.3, 0.4) is 0 Å². The summed E-state index contributed by atoms with van der Waals surface area (Å²) in [7, 11) is 0. The number of rotatable bonds is 6. The maximum absolute atomic E-state index is 5.54. The normalized spacial score (nSPS) is 9.80. The molecule has 0 aromatic heterocycles. The van der Waals surface area contributed by atoms with Crippen LogP contribution in [0.1, 0.15) is 18.1 Å². The first kappa shape index (κ1) is 14.0. The Hall–Kier alpha value is -2.40. The van der Waals surface area contributed by atoms with E-state index in [1.54, 1.807) is 0 Å². The van der Waals surface area contributed by atoms with E-state index in [0.29, 0.717) is 13.2 Å². The third-order valence-electron chi connectivity index (χ3n) is 3.10. The summed E-state index contributed by atoms with van der Waals surface area (Å²) in [6.45, 7) is 3.16. The van der Waals surface area contributed by atoms with Crippen molar-refractivity contribution in [2.75, 3.05) is 11.9 Å². The van der Waals surface area contributed by atoms with E-state index in [-0.39, 0.29) is 0 Å². The summed E-state index contributed by atoms with van der Waals surface area (Å²) >= 11 is 0. The minimum Gasteiger partial charge on any atom is -0.481 e. The molecule has 0 aliphatic heterocycles. The smallest absolute Gasteiger partial charge is 0.148 e. The second-order valence-electron chi connectivity index (χ2n) is 4.51. The third kappa shape index (κ3) is 3.80. The molecule has 0 aliphatic rings. The first-order chi connectivity index (χ1) is 9.83. The van der Waals surface area contributed by atoms with Crippen LogP contribution < -0.4 is 10.1 Å².